The molecule has 1 heterocycles. The Morgan fingerprint density at radius 1 is 1.24 bits per heavy atom. The summed E-state index contributed by atoms with van der Waals surface area (Å²) in [6, 6.07) is 3.31. The van der Waals surface area contributed by atoms with Crippen LogP contribution < -0.4 is 16.3 Å². The lowest BCUT2D eigenvalue weighted by Crippen LogP contribution is -2.42. The minimum absolute atomic E-state index is 0.150. The molecule has 0 fully saturated rings. The summed E-state index contributed by atoms with van der Waals surface area (Å²) in [6.45, 7) is 5.93. The van der Waals surface area contributed by atoms with E-state index in [0.717, 1.165) is 69.0 Å². The smallest absolute Gasteiger partial charge is 0.339 e. The van der Waals surface area contributed by atoms with Crippen LogP contribution in [0.15, 0.2) is 33.2 Å². The van der Waals surface area contributed by atoms with Crippen LogP contribution in [0, 0.1) is 11.3 Å². The third kappa shape index (κ3) is 6.17. The number of benzene rings is 1. The van der Waals surface area contributed by atoms with Crippen molar-refractivity contribution in [1.82, 2.24) is 15.8 Å². The van der Waals surface area contributed by atoms with Gasteiger partial charge in [-0.1, -0.05) is 32.4 Å². The van der Waals surface area contributed by atoms with Crippen molar-refractivity contribution in [2.75, 3.05) is 5.32 Å². The van der Waals surface area contributed by atoms with Crippen LogP contribution in [0.3, 0.4) is 0 Å². The largest absolute Gasteiger partial charge is 0.384 e. The minimum Gasteiger partial charge on any atom is -0.384 e. The van der Waals surface area contributed by atoms with Gasteiger partial charge in [0.25, 0.3) is 5.56 Å². The summed E-state index contributed by atoms with van der Waals surface area (Å²) < 4.78 is 4.90. The van der Waals surface area contributed by atoms with E-state index in [4.69, 9.17) is 9.93 Å². The zero-order chi connectivity index (χ0) is 24.7. The van der Waals surface area contributed by atoms with Gasteiger partial charge in [-0.2, -0.15) is 10.3 Å². The van der Waals surface area contributed by atoms with Gasteiger partial charge in [0.15, 0.2) is 0 Å². The van der Waals surface area contributed by atoms with Crippen molar-refractivity contribution in [3.05, 3.63) is 62.3 Å². The molecule has 0 saturated carbocycles. The van der Waals surface area contributed by atoms with Crippen molar-refractivity contribution in [2.45, 2.75) is 72.1 Å². The minimum atomic E-state index is -0.497. The van der Waals surface area contributed by atoms with Crippen LogP contribution in [-0.2, 0) is 32.1 Å². The molecule has 0 aliphatic heterocycles. The third-order valence-electron chi connectivity index (χ3n) is 6.43. The summed E-state index contributed by atoms with van der Waals surface area (Å²) in [5.41, 5.74) is 8.47. The summed E-state index contributed by atoms with van der Waals surface area (Å²) in [4.78, 5) is 22.8. The number of aromatic nitrogens is 1. The maximum absolute atomic E-state index is 12.2. The van der Waals surface area contributed by atoms with Gasteiger partial charge in [0.1, 0.15) is 11.5 Å². The molecule has 5 N–H and O–H groups in total. The van der Waals surface area contributed by atoms with Crippen molar-refractivity contribution in [1.29, 1.82) is 5.41 Å². The molecule has 184 valence electrons. The molecular weight excluding hydrogens is 434 g/mol. The number of carbonyl (C=O) groups excluding carboxylic acids is 1. The van der Waals surface area contributed by atoms with E-state index >= 15 is 0 Å². The molecule has 0 unspecified atom stereocenters. The SMILES string of the molecule is C/C=C(\C=N)N(O)NC(=O)Nc1c2c(cc3c1CCC3)CCC2.CC[C@@H](C)Cc1cc(=O)[nH]o1. The lowest BCUT2D eigenvalue weighted by Gasteiger charge is -2.20. The zero-order valence-corrected chi connectivity index (χ0v) is 20.2. The Balaban J connectivity index is 0.000000248. The first kappa shape index (κ1) is 25.3. The van der Waals surface area contributed by atoms with E-state index in [-0.39, 0.29) is 11.3 Å². The summed E-state index contributed by atoms with van der Waals surface area (Å²) >= 11 is 0. The molecule has 2 aliphatic carbocycles. The van der Waals surface area contributed by atoms with E-state index in [2.05, 4.69) is 35.8 Å². The Bertz CT molecular complexity index is 1070. The van der Waals surface area contributed by atoms with Crippen molar-refractivity contribution < 1.29 is 14.5 Å². The number of rotatable bonds is 7. The second-order valence-corrected chi connectivity index (χ2v) is 8.87. The van der Waals surface area contributed by atoms with Gasteiger partial charge < -0.3 is 15.2 Å². The monoisotopic (exact) mass is 469 g/mol. The second-order valence-electron chi connectivity index (χ2n) is 8.87. The molecule has 0 saturated heterocycles. The number of amides is 2. The standard InChI is InChI=1S/C17H22N4O2.C8H13NO2/c1-2-13(10-18)21(23)20-17(22)19-16-14-7-3-5-11(14)9-12-6-4-8-15(12)16;1-3-6(2)4-7-5-8(10)9-11-7/h2,9-10,18,23H,3-8H2,1H3,(H2,19,20,22);5-6H,3-4H2,1-2H3,(H,9,10)/b13-2+,18-10?;/t;6-/m.1/s1. The van der Waals surface area contributed by atoms with Crippen LogP contribution in [-0.4, -0.2) is 27.8 Å². The Kier molecular flexibility index (Phi) is 8.70. The molecule has 1 atom stereocenters. The number of hydrazine groups is 1. The highest BCUT2D eigenvalue weighted by atomic mass is 16.5. The number of hydrogen-bond acceptors (Lipinski definition) is 6. The van der Waals surface area contributed by atoms with Crippen molar-refractivity contribution in [3.8, 4) is 0 Å². The number of nitrogens with zero attached hydrogens (tertiary/aromatic N) is 1. The van der Waals surface area contributed by atoms with Gasteiger partial charge in [0.05, 0.1) is 0 Å². The first-order valence-electron chi connectivity index (χ1n) is 11.9. The molecule has 2 amide bonds. The number of nitrogens with one attached hydrogen (secondary N) is 4. The van der Waals surface area contributed by atoms with Crippen LogP contribution >= 0.6 is 0 Å². The summed E-state index contributed by atoms with van der Waals surface area (Å²) in [7, 11) is 0. The van der Waals surface area contributed by atoms with Gasteiger partial charge in [-0.15, -0.1) is 0 Å². The average molecular weight is 470 g/mol. The molecule has 34 heavy (non-hydrogen) atoms. The van der Waals surface area contributed by atoms with Crippen LogP contribution in [0.25, 0.3) is 0 Å². The molecule has 9 heteroatoms. The van der Waals surface area contributed by atoms with Gasteiger partial charge in [0, 0.05) is 24.4 Å². The Labute approximate surface area is 199 Å². The topological polar surface area (TPSA) is 134 Å². The van der Waals surface area contributed by atoms with E-state index in [9.17, 15) is 14.8 Å². The van der Waals surface area contributed by atoms with Crippen LogP contribution in [0.2, 0.25) is 0 Å². The highest BCUT2D eigenvalue weighted by molar-refractivity contribution is 5.92. The molecule has 2 aliphatic rings. The fourth-order valence-electron chi connectivity index (χ4n) is 4.45. The quantitative estimate of drug-likeness (QED) is 0.301. The van der Waals surface area contributed by atoms with E-state index in [0.29, 0.717) is 11.1 Å². The first-order valence-corrected chi connectivity index (χ1v) is 11.9. The summed E-state index contributed by atoms with van der Waals surface area (Å²) in [5, 5.41) is 22.7. The van der Waals surface area contributed by atoms with Crippen molar-refractivity contribution >= 4 is 17.9 Å². The Hall–Kier alpha value is -3.33. The number of hydroxylamine groups is 1. The maximum Gasteiger partial charge on any atom is 0.339 e. The fraction of sp³-hybridized carbons (Fsp3) is 0.480. The number of fused-ring (bicyclic) bond motifs is 2. The molecule has 1 aromatic heterocycles. The molecule has 9 nitrogen and oxygen atoms in total. The number of hydrogen-bond donors (Lipinski definition) is 5. The predicted octanol–water partition coefficient (Wildman–Crippen LogP) is 4.50. The van der Waals surface area contributed by atoms with Gasteiger partial charge in [-0.05, 0) is 73.6 Å². The lowest BCUT2D eigenvalue weighted by molar-refractivity contribution is -0.0799. The van der Waals surface area contributed by atoms with E-state index in [1.54, 1.807) is 6.92 Å². The number of aryl methyl sites for hydroxylation is 2. The molecule has 4 rings (SSSR count). The van der Waals surface area contributed by atoms with Gasteiger partial charge in [0.2, 0.25) is 0 Å². The Morgan fingerprint density at radius 3 is 2.38 bits per heavy atom. The molecular formula is C25H35N5O4. The van der Waals surface area contributed by atoms with Crippen LogP contribution in [0.4, 0.5) is 10.5 Å². The number of H-pyrrole nitrogens is 1. The molecule has 0 bridgehead atoms. The van der Waals surface area contributed by atoms with Crippen molar-refractivity contribution in [2.24, 2.45) is 5.92 Å². The predicted molar refractivity (Wildman–Crippen MR) is 131 cm³/mol. The van der Waals surface area contributed by atoms with Gasteiger partial charge >= 0.3 is 6.03 Å². The molecule has 0 radical (unpaired) electrons. The molecule has 0 spiro atoms. The van der Waals surface area contributed by atoms with E-state index in [1.807, 2.05) is 0 Å². The third-order valence-corrected chi connectivity index (χ3v) is 6.43. The lowest BCUT2D eigenvalue weighted by atomic mass is 9.99. The highest BCUT2D eigenvalue weighted by Crippen LogP contribution is 2.38. The second kappa shape index (κ2) is 11.7. The van der Waals surface area contributed by atoms with Crippen molar-refractivity contribution in [3.63, 3.8) is 0 Å². The maximum atomic E-state index is 12.2. The van der Waals surface area contributed by atoms with Crippen LogP contribution in [0.1, 0.15) is 68.0 Å². The fourth-order valence-corrected chi connectivity index (χ4v) is 4.45. The number of anilines is 1. The van der Waals surface area contributed by atoms with Gasteiger partial charge in [-0.3, -0.25) is 10.0 Å². The highest BCUT2D eigenvalue weighted by Gasteiger charge is 2.25. The number of aromatic amines is 1. The molecule has 1 aromatic carbocycles. The number of allylic oxidation sites excluding steroid dienone is 2. The van der Waals surface area contributed by atoms with Gasteiger partial charge in [-0.25, -0.2) is 10.2 Å². The Morgan fingerprint density at radius 2 is 1.88 bits per heavy atom. The molecule has 2 aromatic rings. The number of urea groups is 1. The van der Waals surface area contributed by atoms with E-state index in [1.165, 1.54) is 34.4 Å². The first-order chi connectivity index (χ1) is 16.4. The zero-order valence-electron chi connectivity index (χ0n) is 20.2. The van der Waals surface area contributed by atoms with E-state index < -0.39 is 6.03 Å². The van der Waals surface area contributed by atoms with Crippen LogP contribution in [0.5, 0.6) is 0 Å². The summed E-state index contributed by atoms with van der Waals surface area (Å²) in [6.07, 6.45) is 10.8. The number of carbonyl (C=O) groups is 1. The summed E-state index contributed by atoms with van der Waals surface area (Å²) in [5.74, 6) is 1.33. The average Bonchev–Trinajstić information content (AvgIpc) is 3.56. The normalized spacial score (nSPS) is 15.0.